The van der Waals surface area contributed by atoms with Gasteiger partial charge < -0.3 is 38.5 Å². The average Bonchev–Trinajstić information content (AvgIpc) is 4.05. The lowest BCUT2D eigenvalue weighted by Crippen LogP contribution is -2.36. The second-order valence-electron chi connectivity index (χ2n) is 16.1. The highest BCUT2D eigenvalue weighted by atomic mass is 32.1. The quantitative estimate of drug-likeness (QED) is 0.0873. The van der Waals surface area contributed by atoms with Gasteiger partial charge in [0.2, 0.25) is 23.7 Å². The van der Waals surface area contributed by atoms with E-state index in [-0.39, 0.29) is 11.1 Å². The lowest BCUT2D eigenvalue weighted by molar-refractivity contribution is 0.0701. The van der Waals surface area contributed by atoms with Crippen LogP contribution < -0.4 is 40.0 Å². The summed E-state index contributed by atoms with van der Waals surface area (Å²) >= 11 is 3.25. The van der Waals surface area contributed by atoms with Crippen molar-refractivity contribution in [3.8, 4) is 34.5 Å². The molecule has 10 rings (SSSR count). The number of hydrogen-bond donors (Lipinski definition) is 4. The van der Waals surface area contributed by atoms with Gasteiger partial charge in [-0.1, -0.05) is 0 Å². The Bertz CT molecular complexity index is 2930. The minimum absolute atomic E-state index is 0.169. The van der Waals surface area contributed by atoms with E-state index in [1.54, 1.807) is 72.4 Å². The first-order valence-electron chi connectivity index (χ1n) is 22.3. The highest BCUT2D eigenvalue weighted by Crippen LogP contribution is 2.37. The number of fused-ring (bicyclic) bond motifs is 2. The van der Waals surface area contributed by atoms with Crippen LogP contribution in [0.4, 0.5) is 23.5 Å². The van der Waals surface area contributed by atoms with E-state index < -0.39 is 11.8 Å². The van der Waals surface area contributed by atoms with E-state index in [4.69, 9.17) is 49.3 Å². The first kappa shape index (κ1) is 49.1. The Hall–Kier alpha value is -7.88. The number of amides is 2. The van der Waals surface area contributed by atoms with Gasteiger partial charge in [0.1, 0.15) is 0 Å². The summed E-state index contributed by atoms with van der Waals surface area (Å²) in [4.78, 5) is 78.5. The SMILES string of the molecule is COc1ccc(-c2nc(N3CCOCC3)c3sc(CN(C)c4ncc(C(=O)NO)cn4)cc3n2)cn1.COc1ccc(-c2nc(N3CCOCC3)c3sc(CN(C)c4ncc(C(=O)NO)cn4)cc3n2)cn1. The van der Waals surface area contributed by atoms with Gasteiger partial charge in [-0.3, -0.25) is 20.0 Å². The van der Waals surface area contributed by atoms with Crippen molar-refractivity contribution < 1.29 is 39.0 Å². The Labute approximate surface area is 419 Å². The van der Waals surface area contributed by atoms with Crippen LogP contribution in [0.25, 0.3) is 43.2 Å². The molecule has 0 unspecified atom stereocenters. The summed E-state index contributed by atoms with van der Waals surface area (Å²) in [6.45, 7) is 6.66. The zero-order valence-electron chi connectivity index (χ0n) is 39.4. The molecule has 24 nitrogen and oxygen atoms in total. The van der Waals surface area contributed by atoms with E-state index in [1.807, 2.05) is 36.0 Å². The number of rotatable bonds is 14. The predicted octanol–water partition coefficient (Wildman–Crippen LogP) is 4.29. The van der Waals surface area contributed by atoms with Crippen LogP contribution in [0.1, 0.15) is 30.5 Å². The molecule has 0 aliphatic carbocycles. The second-order valence-corrected chi connectivity index (χ2v) is 18.4. The topological polar surface area (TPSA) is 277 Å². The minimum atomic E-state index is -0.661. The summed E-state index contributed by atoms with van der Waals surface area (Å²) in [5.41, 5.74) is 6.79. The summed E-state index contributed by atoms with van der Waals surface area (Å²) in [5.74, 6) is 3.58. The molecule has 2 aliphatic rings. The summed E-state index contributed by atoms with van der Waals surface area (Å²) in [5, 5.41) is 17.5. The number of ether oxygens (including phenoxy) is 4. The monoisotopic (exact) mass is 1020 g/mol. The zero-order chi connectivity index (χ0) is 50.1. The van der Waals surface area contributed by atoms with Crippen LogP contribution in [0.5, 0.6) is 11.8 Å². The molecular formula is C46H48N16O8S2. The second kappa shape index (κ2) is 22.5. The van der Waals surface area contributed by atoms with Crippen molar-refractivity contribution in [2.75, 3.05) is 101 Å². The summed E-state index contributed by atoms with van der Waals surface area (Å²) in [7, 11) is 6.90. The molecule has 10 heterocycles. The average molecular weight is 1020 g/mol. The molecule has 0 saturated carbocycles. The highest BCUT2D eigenvalue weighted by molar-refractivity contribution is 7.20. The number of nitrogens with zero attached hydrogens (tertiary/aromatic N) is 14. The van der Waals surface area contributed by atoms with Gasteiger partial charge in [-0.2, -0.15) is 0 Å². The Balaban J connectivity index is 0.000000178. The van der Waals surface area contributed by atoms with E-state index in [9.17, 15) is 9.59 Å². The number of hydrogen-bond acceptors (Lipinski definition) is 24. The minimum Gasteiger partial charge on any atom is -0.481 e. The smallest absolute Gasteiger partial charge is 0.277 e. The number of methoxy groups -OCH3 is 2. The number of morpholine rings is 2. The highest BCUT2D eigenvalue weighted by Gasteiger charge is 2.23. The molecular weight excluding hydrogens is 969 g/mol. The summed E-state index contributed by atoms with van der Waals surface area (Å²) in [6.07, 6.45) is 8.89. The van der Waals surface area contributed by atoms with Crippen molar-refractivity contribution in [2.24, 2.45) is 0 Å². The van der Waals surface area contributed by atoms with Crippen LogP contribution >= 0.6 is 22.7 Å². The number of pyridine rings is 2. The van der Waals surface area contributed by atoms with Gasteiger partial charge in [0.15, 0.2) is 23.3 Å². The Morgan fingerprint density at radius 1 is 0.597 bits per heavy atom. The number of carbonyl (C=O) groups is 2. The van der Waals surface area contributed by atoms with Crippen LogP contribution in [0.15, 0.2) is 73.6 Å². The first-order valence-corrected chi connectivity index (χ1v) is 24.0. The zero-order valence-corrected chi connectivity index (χ0v) is 41.1. The van der Waals surface area contributed by atoms with Gasteiger partial charge in [0.05, 0.1) is 85.3 Å². The van der Waals surface area contributed by atoms with Gasteiger partial charge in [-0.25, -0.2) is 60.8 Å². The number of aromatic nitrogens is 10. The van der Waals surface area contributed by atoms with E-state index >= 15 is 0 Å². The number of hydroxylamine groups is 2. The van der Waals surface area contributed by atoms with Gasteiger partial charge in [-0.15, -0.1) is 22.7 Å². The molecule has 0 atom stereocenters. The predicted molar refractivity (Wildman–Crippen MR) is 267 cm³/mol. The molecule has 0 bridgehead atoms. The molecule has 8 aromatic rings. The van der Waals surface area contributed by atoms with Crippen molar-refractivity contribution in [1.29, 1.82) is 0 Å². The van der Waals surface area contributed by atoms with Crippen LogP contribution in [0.3, 0.4) is 0 Å². The van der Waals surface area contributed by atoms with E-state index in [2.05, 4.69) is 51.8 Å². The van der Waals surface area contributed by atoms with Crippen LogP contribution in [0.2, 0.25) is 0 Å². The molecule has 0 aromatic carbocycles. The Morgan fingerprint density at radius 2 is 0.986 bits per heavy atom. The molecule has 4 N–H and O–H groups in total. The number of carbonyl (C=O) groups excluding carboxylic acids is 2. The summed E-state index contributed by atoms with van der Waals surface area (Å²) in [6, 6.07) is 11.5. The fraction of sp³-hybridized carbons (Fsp3) is 0.304. The largest absolute Gasteiger partial charge is 0.481 e. The van der Waals surface area contributed by atoms with Gasteiger partial charge >= 0.3 is 0 Å². The molecule has 8 aromatic heterocycles. The maximum atomic E-state index is 11.5. The third-order valence-corrected chi connectivity index (χ3v) is 13.5. The third-order valence-electron chi connectivity index (χ3n) is 11.3. The van der Waals surface area contributed by atoms with Crippen molar-refractivity contribution in [3.63, 3.8) is 0 Å². The molecule has 2 saturated heterocycles. The molecule has 26 heteroatoms. The molecule has 2 aliphatic heterocycles. The first-order chi connectivity index (χ1) is 35.1. The maximum Gasteiger partial charge on any atom is 0.277 e. The van der Waals surface area contributed by atoms with Gasteiger partial charge in [0, 0.05) is 110 Å². The van der Waals surface area contributed by atoms with Gasteiger partial charge in [-0.05, 0) is 24.3 Å². The number of anilines is 4. The Morgan fingerprint density at radius 3 is 1.32 bits per heavy atom. The Kier molecular flexibility index (Phi) is 15.3. The molecule has 2 amide bonds. The molecule has 2 fully saturated rings. The fourth-order valence-corrected chi connectivity index (χ4v) is 9.93. The molecule has 0 spiro atoms. The molecule has 72 heavy (non-hydrogen) atoms. The van der Waals surface area contributed by atoms with Crippen molar-refractivity contribution in [1.82, 2.24) is 60.8 Å². The van der Waals surface area contributed by atoms with Crippen LogP contribution in [-0.2, 0) is 22.6 Å². The van der Waals surface area contributed by atoms with Crippen molar-refractivity contribution in [3.05, 3.63) is 94.5 Å². The lowest BCUT2D eigenvalue weighted by atomic mass is 10.2. The maximum absolute atomic E-state index is 11.5. The van der Waals surface area contributed by atoms with Crippen molar-refractivity contribution >= 4 is 78.5 Å². The van der Waals surface area contributed by atoms with Crippen LogP contribution in [-0.4, -0.2) is 153 Å². The number of thiophene rings is 2. The van der Waals surface area contributed by atoms with Crippen molar-refractivity contribution in [2.45, 2.75) is 13.1 Å². The fourth-order valence-electron chi connectivity index (χ4n) is 7.60. The number of nitrogens with one attached hydrogen (secondary N) is 2. The molecule has 0 radical (unpaired) electrons. The summed E-state index contributed by atoms with van der Waals surface area (Å²) < 4.78 is 23.4. The van der Waals surface area contributed by atoms with E-state index in [1.165, 1.54) is 24.8 Å². The standard InChI is InChI=1S/2C23H24N8O4S/c2*1-30(23-25-11-15(12-26-23)22(32)29-33)13-16-9-17-19(36-16)21(31-5-7-35-8-6-31)28-20(27-17)14-3-4-18(34-2)24-10-14/h2*3-4,9-12,33H,5-8,13H2,1-2H3,(H,29,32). The van der Waals surface area contributed by atoms with Gasteiger partial charge in [0.25, 0.3) is 11.8 Å². The lowest BCUT2D eigenvalue weighted by Gasteiger charge is -2.28. The molecule has 372 valence electrons. The normalized spacial score (nSPS) is 13.6. The van der Waals surface area contributed by atoms with E-state index in [0.717, 1.165) is 79.1 Å². The third kappa shape index (κ3) is 11.2. The van der Waals surface area contributed by atoms with E-state index in [0.29, 0.717) is 74.8 Å². The van der Waals surface area contributed by atoms with Crippen LogP contribution in [0, 0.1) is 0 Å².